The van der Waals surface area contributed by atoms with Crippen LogP contribution in [-0.4, -0.2) is 27.0 Å². The van der Waals surface area contributed by atoms with Crippen LogP contribution in [0.3, 0.4) is 0 Å². The second-order valence-corrected chi connectivity index (χ2v) is 4.17. The summed E-state index contributed by atoms with van der Waals surface area (Å²) in [5, 5.41) is 7.30. The fourth-order valence-corrected chi connectivity index (χ4v) is 1.46. The number of carbonyl (C=O) groups excluding carboxylic acids is 2. The lowest BCUT2D eigenvalue weighted by molar-refractivity contribution is -0.121. The minimum Gasteiger partial charge on any atom is -0.273 e. The first-order chi connectivity index (χ1) is 9.65. The number of pyridine rings is 1. The van der Waals surface area contributed by atoms with Crippen molar-refractivity contribution in [3.8, 4) is 0 Å². The monoisotopic (exact) mass is 291 g/mol. The van der Waals surface area contributed by atoms with Gasteiger partial charge in [0.15, 0.2) is 10.8 Å². The summed E-state index contributed by atoms with van der Waals surface area (Å²) in [5.74, 6) is -0.943. The standard InChI is InChI=1S/C12H10ClN5O2/c13-10-4-3-9(15-16-10)12(20)18-17-11(19)6-8-2-1-5-14-7-8/h1-5,7H,6H2,(H,17,19)(H,18,20). The first-order valence-electron chi connectivity index (χ1n) is 5.62. The minimum absolute atomic E-state index is 0.0519. The van der Waals surface area contributed by atoms with Gasteiger partial charge >= 0.3 is 0 Å². The van der Waals surface area contributed by atoms with Gasteiger partial charge in [-0.1, -0.05) is 17.7 Å². The molecule has 0 fully saturated rings. The van der Waals surface area contributed by atoms with E-state index in [0.29, 0.717) is 0 Å². The van der Waals surface area contributed by atoms with E-state index in [9.17, 15) is 9.59 Å². The molecule has 2 amide bonds. The maximum absolute atomic E-state index is 11.6. The maximum atomic E-state index is 11.6. The van der Waals surface area contributed by atoms with E-state index in [0.717, 1.165) is 5.56 Å². The molecule has 0 atom stereocenters. The van der Waals surface area contributed by atoms with Crippen molar-refractivity contribution in [3.63, 3.8) is 0 Å². The summed E-state index contributed by atoms with van der Waals surface area (Å²) in [6, 6.07) is 6.32. The Bertz CT molecular complexity index is 603. The van der Waals surface area contributed by atoms with Gasteiger partial charge in [0.25, 0.3) is 5.91 Å². The number of nitrogens with zero attached hydrogens (tertiary/aromatic N) is 3. The van der Waals surface area contributed by atoms with Gasteiger partial charge in [0.2, 0.25) is 5.91 Å². The van der Waals surface area contributed by atoms with Crippen molar-refractivity contribution in [1.82, 2.24) is 26.0 Å². The highest BCUT2D eigenvalue weighted by Crippen LogP contribution is 2.01. The Kier molecular flexibility index (Phi) is 4.56. The molecule has 2 heterocycles. The van der Waals surface area contributed by atoms with Gasteiger partial charge in [0.1, 0.15) is 0 Å². The van der Waals surface area contributed by atoms with Crippen LogP contribution in [0.1, 0.15) is 16.1 Å². The molecule has 0 aromatic carbocycles. The lowest BCUT2D eigenvalue weighted by atomic mass is 10.2. The predicted molar refractivity (Wildman–Crippen MR) is 70.6 cm³/mol. The number of amides is 2. The van der Waals surface area contributed by atoms with Crippen LogP contribution in [0.2, 0.25) is 5.15 Å². The molecule has 0 bridgehead atoms. The molecule has 0 saturated heterocycles. The zero-order valence-electron chi connectivity index (χ0n) is 10.2. The van der Waals surface area contributed by atoms with Crippen LogP contribution >= 0.6 is 11.6 Å². The Morgan fingerprint density at radius 1 is 1.15 bits per heavy atom. The molecule has 2 aromatic rings. The highest BCUT2D eigenvalue weighted by atomic mass is 35.5. The Hall–Kier alpha value is -2.54. The molecule has 2 aromatic heterocycles. The van der Waals surface area contributed by atoms with E-state index in [1.165, 1.54) is 12.1 Å². The van der Waals surface area contributed by atoms with Gasteiger partial charge in [-0.25, -0.2) is 0 Å². The number of aromatic nitrogens is 3. The summed E-state index contributed by atoms with van der Waals surface area (Å²) >= 11 is 5.55. The summed E-state index contributed by atoms with van der Waals surface area (Å²) in [5.41, 5.74) is 5.30. The van der Waals surface area contributed by atoms with E-state index >= 15 is 0 Å². The Labute approximate surface area is 119 Å². The SMILES string of the molecule is O=C(Cc1cccnc1)NNC(=O)c1ccc(Cl)nn1. The van der Waals surface area contributed by atoms with E-state index in [2.05, 4.69) is 26.0 Å². The third-order valence-corrected chi connectivity index (χ3v) is 2.47. The molecule has 0 saturated carbocycles. The number of hydrazine groups is 1. The van der Waals surface area contributed by atoms with Crippen LogP contribution in [0.5, 0.6) is 0 Å². The van der Waals surface area contributed by atoms with E-state index in [1.54, 1.807) is 24.5 Å². The van der Waals surface area contributed by atoms with Gasteiger partial charge in [0.05, 0.1) is 6.42 Å². The Morgan fingerprint density at radius 2 is 2.00 bits per heavy atom. The van der Waals surface area contributed by atoms with E-state index in [4.69, 9.17) is 11.6 Å². The number of hydrogen-bond donors (Lipinski definition) is 2. The number of halogens is 1. The van der Waals surface area contributed by atoms with Crippen molar-refractivity contribution in [3.05, 3.63) is 53.1 Å². The summed E-state index contributed by atoms with van der Waals surface area (Å²) in [7, 11) is 0. The van der Waals surface area contributed by atoms with Gasteiger partial charge < -0.3 is 0 Å². The van der Waals surface area contributed by atoms with Crippen LogP contribution in [-0.2, 0) is 11.2 Å². The lowest BCUT2D eigenvalue weighted by Crippen LogP contribution is -2.42. The molecule has 2 N–H and O–H groups in total. The molecule has 0 aliphatic heterocycles. The zero-order valence-corrected chi connectivity index (χ0v) is 11.0. The molecule has 0 spiro atoms. The summed E-state index contributed by atoms with van der Waals surface area (Å²) in [4.78, 5) is 27.1. The molecule has 0 aliphatic rings. The Morgan fingerprint density at radius 3 is 2.65 bits per heavy atom. The molecular formula is C12H10ClN5O2. The number of rotatable bonds is 3. The fourth-order valence-electron chi connectivity index (χ4n) is 1.36. The quantitative estimate of drug-likeness (QED) is 0.804. The molecular weight excluding hydrogens is 282 g/mol. The van der Waals surface area contributed by atoms with Crippen molar-refractivity contribution >= 4 is 23.4 Å². The van der Waals surface area contributed by atoms with Crippen LogP contribution in [0.4, 0.5) is 0 Å². The average molecular weight is 292 g/mol. The highest BCUT2D eigenvalue weighted by molar-refractivity contribution is 6.29. The molecule has 102 valence electrons. The van der Waals surface area contributed by atoms with Crippen LogP contribution < -0.4 is 10.9 Å². The van der Waals surface area contributed by atoms with Gasteiger partial charge in [-0.15, -0.1) is 10.2 Å². The normalized spacial score (nSPS) is 9.85. The second-order valence-electron chi connectivity index (χ2n) is 3.78. The van der Waals surface area contributed by atoms with Crippen molar-refractivity contribution in [2.75, 3.05) is 0 Å². The van der Waals surface area contributed by atoms with E-state index in [-0.39, 0.29) is 23.2 Å². The van der Waals surface area contributed by atoms with Crippen molar-refractivity contribution in [2.24, 2.45) is 0 Å². The average Bonchev–Trinajstić information content (AvgIpc) is 2.46. The highest BCUT2D eigenvalue weighted by Gasteiger charge is 2.09. The summed E-state index contributed by atoms with van der Waals surface area (Å²) in [6.07, 6.45) is 3.30. The third-order valence-electron chi connectivity index (χ3n) is 2.27. The summed E-state index contributed by atoms with van der Waals surface area (Å²) in [6.45, 7) is 0. The molecule has 7 nitrogen and oxygen atoms in total. The molecule has 2 rings (SSSR count). The van der Waals surface area contributed by atoms with Crippen LogP contribution in [0, 0.1) is 0 Å². The minimum atomic E-state index is -0.575. The van der Waals surface area contributed by atoms with E-state index < -0.39 is 5.91 Å². The van der Waals surface area contributed by atoms with Crippen molar-refractivity contribution in [1.29, 1.82) is 0 Å². The van der Waals surface area contributed by atoms with Gasteiger partial charge in [-0.3, -0.25) is 25.4 Å². The first-order valence-corrected chi connectivity index (χ1v) is 6.00. The number of carbonyl (C=O) groups is 2. The van der Waals surface area contributed by atoms with Gasteiger partial charge in [-0.2, -0.15) is 0 Å². The molecule has 0 radical (unpaired) electrons. The van der Waals surface area contributed by atoms with Gasteiger partial charge in [-0.05, 0) is 23.8 Å². The molecule has 8 heteroatoms. The van der Waals surface area contributed by atoms with E-state index in [1.807, 2.05) is 0 Å². The third kappa shape index (κ3) is 3.99. The molecule has 0 aliphatic carbocycles. The molecule has 0 unspecified atom stereocenters. The van der Waals surface area contributed by atoms with Gasteiger partial charge in [0, 0.05) is 12.4 Å². The number of nitrogens with one attached hydrogen (secondary N) is 2. The largest absolute Gasteiger partial charge is 0.290 e. The number of hydrogen-bond acceptors (Lipinski definition) is 5. The maximum Gasteiger partial charge on any atom is 0.290 e. The van der Waals surface area contributed by atoms with Crippen LogP contribution in [0.15, 0.2) is 36.7 Å². The lowest BCUT2D eigenvalue weighted by Gasteiger charge is -2.06. The smallest absolute Gasteiger partial charge is 0.273 e. The Balaban J connectivity index is 1.84. The summed E-state index contributed by atoms with van der Waals surface area (Å²) < 4.78 is 0. The second kappa shape index (κ2) is 6.58. The van der Waals surface area contributed by atoms with Crippen molar-refractivity contribution in [2.45, 2.75) is 6.42 Å². The molecule has 20 heavy (non-hydrogen) atoms. The zero-order chi connectivity index (χ0) is 14.4. The fraction of sp³-hybridized carbons (Fsp3) is 0.0833. The van der Waals surface area contributed by atoms with Crippen LogP contribution in [0.25, 0.3) is 0 Å². The topological polar surface area (TPSA) is 96.9 Å². The predicted octanol–water partition coefficient (Wildman–Crippen LogP) is 0.529. The van der Waals surface area contributed by atoms with Crippen molar-refractivity contribution < 1.29 is 9.59 Å². The first kappa shape index (κ1) is 13.9.